The molecule has 0 saturated carbocycles. The van der Waals surface area contributed by atoms with Gasteiger partial charge in [0.05, 0.1) is 0 Å². The zero-order chi connectivity index (χ0) is 17.7. The summed E-state index contributed by atoms with van der Waals surface area (Å²) < 4.78 is 16.3. The Balaban J connectivity index is 2.27. The van der Waals surface area contributed by atoms with Gasteiger partial charge in [0.25, 0.3) is 0 Å². The predicted octanol–water partition coefficient (Wildman–Crippen LogP) is 4.64. The van der Waals surface area contributed by atoms with Crippen molar-refractivity contribution in [3.05, 3.63) is 108 Å². The van der Waals surface area contributed by atoms with Crippen LogP contribution in [0.1, 0.15) is 30.5 Å². The van der Waals surface area contributed by atoms with Crippen molar-refractivity contribution in [2.45, 2.75) is 24.6 Å². The van der Waals surface area contributed by atoms with Crippen molar-refractivity contribution in [1.29, 1.82) is 0 Å². The Morgan fingerprint density at radius 1 is 0.680 bits per heavy atom. The summed E-state index contributed by atoms with van der Waals surface area (Å²) in [7, 11) is 0. The lowest BCUT2D eigenvalue weighted by molar-refractivity contribution is 0.520. The van der Waals surface area contributed by atoms with Crippen molar-refractivity contribution in [3.8, 4) is 0 Å². The Kier molecular flexibility index (Phi) is 5.59. The minimum Gasteiger partial charge on any atom is -0.598 e. The molecule has 0 aromatic heterocycles. The molecule has 1 unspecified atom stereocenters. The molecule has 3 aromatic carbocycles. The highest BCUT2D eigenvalue weighted by molar-refractivity contribution is 7.90. The smallest absolute Gasteiger partial charge is 0.138 e. The van der Waals surface area contributed by atoms with E-state index in [0.29, 0.717) is 0 Å². The topological polar surface area (TPSA) is 35.1 Å². The normalized spacial score (nSPS) is 13.0. The molecular formula is C22H23NOS. The van der Waals surface area contributed by atoms with Gasteiger partial charge in [-0.15, -0.1) is 4.72 Å². The molecule has 0 aliphatic carbocycles. The van der Waals surface area contributed by atoms with E-state index in [1.165, 1.54) is 0 Å². The van der Waals surface area contributed by atoms with Gasteiger partial charge in [0.1, 0.15) is 10.8 Å². The fourth-order valence-electron chi connectivity index (χ4n) is 3.01. The van der Waals surface area contributed by atoms with Gasteiger partial charge in [-0.25, -0.2) is 0 Å². The van der Waals surface area contributed by atoms with E-state index in [2.05, 4.69) is 41.1 Å². The number of hydrogen-bond donors (Lipinski definition) is 1. The van der Waals surface area contributed by atoms with Crippen LogP contribution in [0, 0.1) is 0 Å². The molecule has 128 valence electrons. The van der Waals surface area contributed by atoms with Gasteiger partial charge in [-0.3, -0.25) is 0 Å². The van der Waals surface area contributed by atoms with Gasteiger partial charge < -0.3 is 4.55 Å². The largest absolute Gasteiger partial charge is 0.598 e. The van der Waals surface area contributed by atoms with Gasteiger partial charge in [0.2, 0.25) is 0 Å². The molecule has 0 spiro atoms. The van der Waals surface area contributed by atoms with Crippen LogP contribution in [0.5, 0.6) is 0 Å². The maximum absolute atomic E-state index is 12.9. The lowest BCUT2D eigenvalue weighted by Crippen LogP contribution is -2.49. The van der Waals surface area contributed by atoms with Crippen molar-refractivity contribution >= 4 is 11.4 Å². The van der Waals surface area contributed by atoms with Crippen LogP contribution < -0.4 is 4.72 Å². The summed E-state index contributed by atoms with van der Waals surface area (Å²) in [5.74, 6) is 0. The Labute approximate surface area is 153 Å². The second kappa shape index (κ2) is 7.87. The van der Waals surface area contributed by atoms with Gasteiger partial charge in [-0.1, -0.05) is 91.0 Å². The molecule has 1 N–H and O–H groups in total. The Hall–Kier alpha value is -2.07. The van der Waals surface area contributed by atoms with Gasteiger partial charge in [-0.05, 0) is 30.5 Å². The van der Waals surface area contributed by atoms with Crippen LogP contribution in [0.2, 0.25) is 0 Å². The summed E-state index contributed by atoms with van der Waals surface area (Å²) in [6.07, 6.45) is 0. The predicted molar refractivity (Wildman–Crippen MR) is 106 cm³/mol. The van der Waals surface area contributed by atoms with Gasteiger partial charge in [0, 0.05) is 11.4 Å². The van der Waals surface area contributed by atoms with Crippen molar-refractivity contribution in [2.75, 3.05) is 0 Å². The quantitative estimate of drug-likeness (QED) is 0.520. The highest BCUT2D eigenvalue weighted by Gasteiger charge is 2.41. The van der Waals surface area contributed by atoms with E-state index in [1.54, 1.807) is 0 Å². The van der Waals surface area contributed by atoms with E-state index in [0.717, 1.165) is 16.7 Å². The molecule has 2 nitrogen and oxygen atoms in total. The van der Waals surface area contributed by atoms with Gasteiger partial charge in [0.15, 0.2) is 0 Å². The molecule has 25 heavy (non-hydrogen) atoms. The third kappa shape index (κ3) is 3.64. The van der Waals surface area contributed by atoms with Crippen molar-refractivity contribution in [2.24, 2.45) is 0 Å². The van der Waals surface area contributed by atoms with Crippen LogP contribution in [-0.4, -0.2) is 9.80 Å². The number of hydrogen-bond acceptors (Lipinski definition) is 2. The molecule has 0 fully saturated rings. The first-order chi connectivity index (χ1) is 12.1. The number of nitrogens with one attached hydrogen (secondary N) is 1. The van der Waals surface area contributed by atoms with Crippen LogP contribution in [-0.2, 0) is 16.9 Å². The highest BCUT2D eigenvalue weighted by atomic mass is 32.2. The molecule has 3 rings (SSSR count). The molecule has 0 heterocycles. The molecule has 0 amide bonds. The fourth-order valence-corrected chi connectivity index (χ4v) is 3.90. The minimum atomic E-state index is -1.19. The fraction of sp³-hybridized carbons (Fsp3) is 0.182. The summed E-state index contributed by atoms with van der Waals surface area (Å²) in [6, 6.07) is 30.7. The molecule has 3 heteroatoms. The van der Waals surface area contributed by atoms with Crippen LogP contribution in [0.4, 0.5) is 0 Å². The van der Waals surface area contributed by atoms with Crippen LogP contribution in [0.25, 0.3) is 0 Å². The molecule has 0 radical (unpaired) electrons. The highest BCUT2D eigenvalue weighted by Crippen LogP contribution is 2.37. The van der Waals surface area contributed by atoms with Gasteiger partial charge >= 0.3 is 0 Å². The standard InChI is InChI=1S/C22H23NOS/c1-18(2)25(24)23-22(19-12-6-3-7-13-19,20-14-8-4-9-15-20)21-16-10-5-11-17-21/h3-18,23H,1-2H3. The third-order valence-corrected chi connectivity index (χ3v) is 5.67. The second-order valence-electron chi connectivity index (χ2n) is 6.30. The maximum Gasteiger partial charge on any atom is 0.138 e. The molecule has 0 aliphatic heterocycles. The first kappa shape index (κ1) is 17.7. The van der Waals surface area contributed by atoms with E-state index in [4.69, 9.17) is 0 Å². The van der Waals surface area contributed by atoms with Crippen molar-refractivity contribution in [3.63, 3.8) is 0 Å². The average molecular weight is 349 g/mol. The van der Waals surface area contributed by atoms with E-state index in [1.807, 2.05) is 68.4 Å². The Morgan fingerprint density at radius 3 is 1.28 bits per heavy atom. The number of benzene rings is 3. The molecule has 3 aromatic rings. The Morgan fingerprint density at radius 2 is 1.00 bits per heavy atom. The zero-order valence-corrected chi connectivity index (χ0v) is 15.4. The summed E-state index contributed by atoms with van der Waals surface area (Å²) in [5.41, 5.74) is 2.54. The Bertz CT molecular complexity index is 678. The number of rotatable bonds is 6. The van der Waals surface area contributed by atoms with E-state index >= 15 is 0 Å². The molecule has 1 atom stereocenters. The SMILES string of the molecule is CC(C)[S+]([O-])NC(c1ccccc1)(c1ccccc1)c1ccccc1. The van der Waals surface area contributed by atoms with Gasteiger partial charge in [-0.2, -0.15) is 0 Å². The van der Waals surface area contributed by atoms with Crippen LogP contribution >= 0.6 is 0 Å². The van der Waals surface area contributed by atoms with Crippen LogP contribution in [0.15, 0.2) is 91.0 Å². The lowest BCUT2D eigenvalue weighted by Gasteiger charge is -2.36. The minimum absolute atomic E-state index is 0.00973. The molecule has 0 aliphatic rings. The summed E-state index contributed by atoms with van der Waals surface area (Å²) >= 11 is -1.19. The van der Waals surface area contributed by atoms with E-state index in [-0.39, 0.29) is 5.25 Å². The van der Waals surface area contributed by atoms with E-state index < -0.39 is 16.9 Å². The third-order valence-electron chi connectivity index (χ3n) is 4.30. The monoisotopic (exact) mass is 349 g/mol. The zero-order valence-electron chi connectivity index (χ0n) is 14.6. The van der Waals surface area contributed by atoms with Crippen LogP contribution in [0.3, 0.4) is 0 Å². The maximum atomic E-state index is 12.9. The van der Waals surface area contributed by atoms with Crippen molar-refractivity contribution in [1.82, 2.24) is 4.72 Å². The average Bonchev–Trinajstić information content (AvgIpc) is 2.68. The lowest BCUT2D eigenvalue weighted by atomic mass is 9.78. The first-order valence-corrected chi connectivity index (χ1v) is 9.71. The second-order valence-corrected chi connectivity index (χ2v) is 8.04. The molecule has 0 saturated heterocycles. The summed E-state index contributed by atoms with van der Waals surface area (Å²) in [5, 5.41) is 0.00973. The molecule has 0 bridgehead atoms. The summed E-state index contributed by atoms with van der Waals surface area (Å²) in [6.45, 7) is 3.93. The molecular weight excluding hydrogens is 326 g/mol. The summed E-state index contributed by atoms with van der Waals surface area (Å²) in [4.78, 5) is 0. The first-order valence-electron chi connectivity index (χ1n) is 8.49. The van der Waals surface area contributed by atoms with Crippen molar-refractivity contribution < 1.29 is 4.55 Å². The van der Waals surface area contributed by atoms with E-state index in [9.17, 15) is 4.55 Å².